The van der Waals surface area contributed by atoms with Gasteiger partial charge in [-0.1, -0.05) is 34.1 Å². The monoisotopic (exact) mass is 157 g/mol. The number of nitrogens with one attached hydrogen (secondary N) is 1. The highest BCUT2D eigenvalue weighted by molar-refractivity contribution is 4.79. The molecule has 0 radical (unpaired) electrons. The Morgan fingerprint density at radius 2 is 1.82 bits per heavy atom. The highest BCUT2D eigenvalue weighted by Crippen LogP contribution is 2.26. The zero-order valence-corrected chi connectivity index (χ0v) is 8.70. The molecule has 0 aromatic rings. The minimum absolute atomic E-state index is 0.449. The smallest absolute Gasteiger partial charge is 0.00897 e. The maximum absolute atomic E-state index is 3.47. The summed E-state index contributed by atoms with van der Waals surface area (Å²) in [4.78, 5) is 0. The zero-order valence-electron chi connectivity index (χ0n) is 8.70. The van der Waals surface area contributed by atoms with Gasteiger partial charge in [0.05, 0.1) is 0 Å². The zero-order chi connectivity index (χ0) is 8.91. The Kier molecular flexibility index (Phi) is 4.74. The van der Waals surface area contributed by atoms with Gasteiger partial charge in [-0.25, -0.2) is 0 Å². The molecule has 1 heteroatoms. The van der Waals surface area contributed by atoms with Crippen LogP contribution >= 0.6 is 0 Å². The van der Waals surface area contributed by atoms with Crippen LogP contribution in [0.1, 0.15) is 47.5 Å². The van der Waals surface area contributed by atoms with Crippen molar-refractivity contribution in [3.05, 3.63) is 0 Å². The van der Waals surface area contributed by atoms with Gasteiger partial charge in [0, 0.05) is 6.04 Å². The number of hydrogen-bond donors (Lipinski definition) is 1. The minimum atomic E-state index is 0.449. The van der Waals surface area contributed by atoms with Crippen LogP contribution in [-0.2, 0) is 0 Å². The second-order valence-corrected chi connectivity index (χ2v) is 4.02. The molecule has 1 unspecified atom stereocenters. The molecule has 0 aliphatic carbocycles. The Labute approximate surface area is 71.6 Å². The first-order valence-electron chi connectivity index (χ1n) is 4.78. The average molecular weight is 157 g/mol. The molecule has 1 nitrogen and oxygen atoms in total. The van der Waals surface area contributed by atoms with Crippen molar-refractivity contribution in [1.29, 1.82) is 0 Å². The van der Waals surface area contributed by atoms with E-state index in [2.05, 4.69) is 39.9 Å². The van der Waals surface area contributed by atoms with E-state index < -0.39 is 0 Å². The standard InChI is InChI=1S/C10H23N/c1-6-8-10(4,5)9(3)11-7-2/h9,11H,6-8H2,1-5H3. The van der Waals surface area contributed by atoms with E-state index in [1.165, 1.54) is 12.8 Å². The third-order valence-corrected chi connectivity index (χ3v) is 2.58. The molecule has 0 aliphatic heterocycles. The van der Waals surface area contributed by atoms with Crippen molar-refractivity contribution in [2.75, 3.05) is 6.54 Å². The first-order chi connectivity index (χ1) is 5.04. The Bertz CT molecular complexity index is 97.0. The molecule has 0 saturated carbocycles. The summed E-state index contributed by atoms with van der Waals surface area (Å²) in [6.45, 7) is 12.4. The molecule has 0 aromatic carbocycles. The summed E-state index contributed by atoms with van der Waals surface area (Å²) < 4.78 is 0. The fourth-order valence-electron chi connectivity index (χ4n) is 1.44. The quantitative estimate of drug-likeness (QED) is 0.647. The molecule has 0 bridgehead atoms. The van der Waals surface area contributed by atoms with Crippen molar-refractivity contribution in [1.82, 2.24) is 5.32 Å². The summed E-state index contributed by atoms with van der Waals surface area (Å²) in [5.41, 5.74) is 0.449. The molecular weight excluding hydrogens is 134 g/mol. The molecule has 0 saturated heterocycles. The van der Waals surface area contributed by atoms with E-state index in [0.29, 0.717) is 11.5 Å². The van der Waals surface area contributed by atoms with Crippen molar-refractivity contribution in [2.45, 2.75) is 53.5 Å². The van der Waals surface area contributed by atoms with Crippen LogP contribution in [0.15, 0.2) is 0 Å². The SMILES string of the molecule is CCCC(C)(C)C(C)NCC. The minimum Gasteiger partial charge on any atom is -0.314 e. The molecule has 0 aliphatic rings. The van der Waals surface area contributed by atoms with Crippen molar-refractivity contribution in [3.63, 3.8) is 0 Å². The summed E-state index contributed by atoms with van der Waals surface area (Å²) in [7, 11) is 0. The largest absolute Gasteiger partial charge is 0.314 e. The summed E-state index contributed by atoms with van der Waals surface area (Å²) in [5.74, 6) is 0. The molecule has 1 N–H and O–H groups in total. The Balaban J connectivity index is 3.83. The molecule has 0 fully saturated rings. The van der Waals surface area contributed by atoms with Gasteiger partial charge >= 0.3 is 0 Å². The third kappa shape index (κ3) is 3.76. The van der Waals surface area contributed by atoms with Crippen LogP contribution in [-0.4, -0.2) is 12.6 Å². The predicted octanol–water partition coefficient (Wildman–Crippen LogP) is 2.81. The maximum Gasteiger partial charge on any atom is 0.00897 e. The molecule has 0 rings (SSSR count). The van der Waals surface area contributed by atoms with Gasteiger partial charge in [0.2, 0.25) is 0 Å². The van der Waals surface area contributed by atoms with Crippen LogP contribution in [0.3, 0.4) is 0 Å². The normalized spacial score (nSPS) is 15.0. The lowest BCUT2D eigenvalue weighted by Crippen LogP contribution is -2.39. The van der Waals surface area contributed by atoms with Crippen LogP contribution < -0.4 is 5.32 Å². The second kappa shape index (κ2) is 4.76. The van der Waals surface area contributed by atoms with Crippen LogP contribution in [0.2, 0.25) is 0 Å². The van der Waals surface area contributed by atoms with Crippen LogP contribution in [0.4, 0.5) is 0 Å². The summed E-state index contributed by atoms with van der Waals surface area (Å²) >= 11 is 0. The topological polar surface area (TPSA) is 12.0 Å². The van der Waals surface area contributed by atoms with Gasteiger partial charge in [0.1, 0.15) is 0 Å². The molecule has 1 atom stereocenters. The lowest BCUT2D eigenvalue weighted by Gasteiger charge is -2.32. The van der Waals surface area contributed by atoms with Gasteiger partial charge < -0.3 is 5.32 Å². The molecule has 0 amide bonds. The van der Waals surface area contributed by atoms with E-state index in [-0.39, 0.29) is 0 Å². The highest BCUT2D eigenvalue weighted by Gasteiger charge is 2.23. The molecule has 0 aromatic heterocycles. The average Bonchev–Trinajstić information content (AvgIpc) is 1.88. The van der Waals surface area contributed by atoms with Crippen molar-refractivity contribution >= 4 is 0 Å². The van der Waals surface area contributed by atoms with Crippen LogP contribution in [0.5, 0.6) is 0 Å². The third-order valence-electron chi connectivity index (χ3n) is 2.58. The summed E-state index contributed by atoms with van der Waals surface area (Å²) in [6, 6.07) is 0.632. The van der Waals surface area contributed by atoms with E-state index >= 15 is 0 Å². The number of rotatable bonds is 5. The van der Waals surface area contributed by atoms with Gasteiger partial charge in [-0.3, -0.25) is 0 Å². The molecular formula is C10H23N. The Morgan fingerprint density at radius 1 is 1.27 bits per heavy atom. The van der Waals surface area contributed by atoms with Crippen molar-refractivity contribution in [3.8, 4) is 0 Å². The van der Waals surface area contributed by atoms with Crippen LogP contribution in [0, 0.1) is 5.41 Å². The molecule has 11 heavy (non-hydrogen) atoms. The first kappa shape index (κ1) is 11.0. The van der Waals surface area contributed by atoms with Gasteiger partial charge in [0.25, 0.3) is 0 Å². The predicted molar refractivity (Wildman–Crippen MR) is 51.8 cm³/mol. The maximum atomic E-state index is 3.47. The number of hydrogen-bond acceptors (Lipinski definition) is 1. The van der Waals surface area contributed by atoms with Gasteiger partial charge in [0.15, 0.2) is 0 Å². The first-order valence-corrected chi connectivity index (χ1v) is 4.78. The van der Waals surface area contributed by atoms with E-state index in [1.807, 2.05) is 0 Å². The van der Waals surface area contributed by atoms with E-state index in [1.54, 1.807) is 0 Å². The fraction of sp³-hybridized carbons (Fsp3) is 1.00. The molecule has 0 heterocycles. The lowest BCUT2D eigenvalue weighted by molar-refractivity contribution is 0.238. The van der Waals surface area contributed by atoms with E-state index in [0.717, 1.165) is 6.54 Å². The van der Waals surface area contributed by atoms with E-state index in [9.17, 15) is 0 Å². The fourth-order valence-corrected chi connectivity index (χ4v) is 1.44. The van der Waals surface area contributed by atoms with Gasteiger partial charge in [-0.2, -0.15) is 0 Å². The van der Waals surface area contributed by atoms with Crippen molar-refractivity contribution in [2.24, 2.45) is 5.41 Å². The van der Waals surface area contributed by atoms with Crippen LogP contribution in [0.25, 0.3) is 0 Å². The summed E-state index contributed by atoms with van der Waals surface area (Å²) in [5, 5.41) is 3.47. The van der Waals surface area contributed by atoms with E-state index in [4.69, 9.17) is 0 Å². The second-order valence-electron chi connectivity index (χ2n) is 4.02. The lowest BCUT2D eigenvalue weighted by atomic mass is 9.81. The summed E-state index contributed by atoms with van der Waals surface area (Å²) in [6.07, 6.45) is 2.59. The Hall–Kier alpha value is -0.0400. The molecule has 68 valence electrons. The Morgan fingerprint density at radius 3 is 2.18 bits per heavy atom. The molecule has 0 spiro atoms. The van der Waals surface area contributed by atoms with Gasteiger partial charge in [-0.15, -0.1) is 0 Å². The van der Waals surface area contributed by atoms with Crippen molar-refractivity contribution < 1.29 is 0 Å². The highest BCUT2D eigenvalue weighted by atomic mass is 14.9. The van der Waals surface area contributed by atoms with Gasteiger partial charge in [-0.05, 0) is 25.3 Å².